The van der Waals surface area contributed by atoms with Gasteiger partial charge in [-0.15, -0.1) is 0 Å². The second-order valence-electron chi connectivity index (χ2n) is 5.65. The first-order valence-corrected chi connectivity index (χ1v) is 7.53. The Morgan fingerprint density at radius 2 is 2.06 bits per heavy atom. The van der Waals surface area contributed by atoms with Gasteiger partial charge in [-0.05, 0) is 13.3 Å². The van der Waals surface area contributed by atoms with Gasteiger partial charge < -0.3 is 9.84 Å². The lowest BCUT2D eigenvalue weighted by Crippen LogP contribution is -2.42. The van der Waals surface area contributed by atoms with E-state index in [-0.39, 0.29) is 6.61 Å². The number of aliphatic hydroxyl groups excluding tert-OH is 1. The molecule has 0 unspecified atom stereocenters. The summed E-state index contributed by atoms with van der Waals surface area (Å²) >= 11 is 1.98. The van der Waals surface area contributed by atoms with Crippen molar-refractivity contribution in [1.29, 1.82) is 0 Å². The monoisotopic (exact) mass is 261 g/mol. The molecule has 0 aromatic carbocycles. The number of hydrogen-bond acceptors (Lipinski definition) is 4. The summed E-state index contributed by atoms with van der Waals surface area (Å²) < 4.78 is 5.93. The van der Waals surface area contributed by atoms with Crippen molar-refractivity contribution in [2.75, 3.05) is 32.1 Å². The fraction of sp³-hybridized carbons (Fsp3) is 1.00. The third-order valence-electron chi connectivity index (χ3n) is 3.11. The molecule has 2 atom stereocenters. The van der Waals surface area contributed by atoms with E-state index in [4.69, 9.17) is 9.84 Å². The first-order valence-electron chi connectivity index (χ1n) is 6.54. The van der Waals surface area contributed by atoms with Gasteiger partial charge in [-0.1, -0.05) is 20.8 Å². The standard InChI is InChI=1S/C13H27NO2S/c1-11-12(5-9-16-11)14(6-8-15)7-10-17-13(2,3)4/h11-12,15H,5-10H2,1-4H3/t11-,12-/m0/s1. The third kappa shape index (κ3) is 5.60. The Morgan fingerprint density at radius 1 is 1.35 bits per heavy atom. The maximum Gasteiger partial charge on any atom is 0.0703 e. The molecule has 1 heterocycles. The van der Waals surface area contributed by atoms with Gasteiger partial charge in [0.25, 0.3) is 0 Å². The van der Waals surface area contributed by atoms with Crippen molar-refractivity contribution in [1.82, 2.24) is 4.90 Å². The average molecular weight is 261 g/mol. The van der Waals surface area contributed by atoms with Crippen molar-refractivity contribution in [2.24, 2.45) is 0 Å². The SMILES string of the molecule is C[C@@H]1OCC[C@@H]1N(CCO)CCSC(C)(C)C. The zero-order chi connectivity index (χ0) is 12.9. The van der Waals surface area contributed by atoms with Crippen molar-refractivity contribution in [3.8, 4) is 0 Å². The molecule has 0 spiro atoms. The molecule has 0 aliphatic carbocycles. The zero-order valence-electron chi connectivity index (χ0n) is 11.6. The summed E-state index contributed by atoms with van der Waals surface area (Å²) in [7, 11) is 0. The molecule has 1 aliphatic heterocycles. The van der Waals surface area contributed by atoms with E-state index < -0.39 is 0 Å². The van der Waals surface area contributed by atoms with Gasteiger partial charge in [-0.2, -0.15) is 11.8 Å². The molecule has 1 aliphatic rings. The summed E-state index contributed by atoms with van der Waals surface area (Å²) in [5.41, 5.74) is 0. The molecule has 3 nitrogen and oxygen atoms in total. The number of ether oxygens (including phenoxy) is 1. The second-order valence-corrected chi connectivity index (χ2v) is 7.57. The Labute approximate surface area is 110 Å². The van der Waals surface area contributed by atoms with Gasteiger partial charge in [-0.3, -0.25) is 4.90 Å². The van der Waals surface area contributed by atoms with Gasteiger partial charge in [0.1, 0.15) is 0 Å². The highest BCUT2D eigenvalue weighted by Gasteiger charge is 2.29. The minimum Gasteiger partial charge on any atom is -0.395 e. The Bertz CT molecular complexity index is 218. The van der Waals surface area contributed by atoms with E-state index >= 15 is 0 Å². The van der Waals surface area contributed by atoms with E-state index in [2.05, 4.69) is 32.6 Å². The van der Waals surface area contributed by atoms with Crippen LogP contribution in [0.2, 0.25) is 0 Å². The third-order valence-corrected chi connectivity index (χ3v) is 4.36. The average Bonchev–Trinajstić information content (AvgIpc) is 2.61. The molecule has 0 radical (unpaired) electrons. The van der Waals surface area contributed by atoms with E-state index in [0.717, 1.165) is 31.9 Å². The predicted octanol–water partition coefficient (Wildman–Crippen LogP) is 1.99. The van der Waals surface area contributed by atoms with Crippen LogP contribution in [0.4, 0.5) is 0 Å². The highest BCUT2D eigenvalue weighted by molar-refractivity contribution is 8.00. The Morgan fingerprint density at radius 3 is 2.53 bits per heavy atom. The lowest BCUT2D eigenvalue weighted by Gasteiger charge is -2.31. The van der Waals surface area contributed by atoms with Crippen molar-refractivity contribution in [3.05, 3.63) is 0 Å². The molecule has 0 aromatic rings. The molecule has 4 heteroatoms. The summed E-state index contributed by atoms with van der Waals surface area (Å²) in [6, 6.07) is 0.489. The van der Waals surface area contributed by atoms with E-state index in [1.165, 1.54) is 0 Å². The van der Waals surface area contributed by atoms with Crippen LogP contribution < -0.4 is 0 Å². The Balaban J connectivity index is 2.37. The molecule has 1 saturated heterocycles. The normalized spacial score (nSPS) is 25.8. The van der Waals surface area contributed by atoms with E-state index in [1.807, 2.05) is 11.8 Å². The molecule has 0 bridgehead atoms. The zero-order valence-corrected chi connectivity index (χ0v) is 12.4. The summed E-state index contributed by atoms with van der Waals surface area (Å²) in [6.45, 7) is 11.8. The minimum absolute atomic E-state index is 0.239. The van der Waals surface area contributed by atoms with Crippen LogP contribution in [0.25, 0.3) is 0 Å². The van der Waals surface area contributed by atoms with Gasteiger partial charge in [0.15, 0.2) is 0 Å². The summed E-state index contributed by atoms with van der Waals surface area (Å²) in [5, 5.41) is 9.15. The minimum atomic E-state index is 0.239. The summed E-state index contributed by atoms with van der Waals surface area (Å²) in [6.07, 6.45) is 1.41. The van der Waals surface area contributed by atoms with Gasteiger partial charge in [0.05, 0.1) is 12.7 Å². The fourth-order valence-corrected chi connectivity index (χ4v) is 3.18. The molecule has 1 fully saturated rings. The highest BCUT2D eigenvalue weighted by atomic mass is 32.2. The van der Waals surface area contributed by atoms with Gasteiger partial charge >= 0.3 is 0 Å². The first kappa shape index (κ1) is 15.3. The van der Waals surface area contributed by atoms with Crippen LogP contribution in [0.1, 0.15) is 34.1 Å². The van der Waals surface area contributed by atoms with Crippen LogP contribution in [0.3, 0.4) is 0 Å². The largest absolute Gasteiger partial charge is 0.395 e. The molecule has 1 rings (SSSR count). The lowest BCUT2D eigenvalue weighted by atomic mass is 10.1. The molecule has 0 aromatic heterocycles. The van der Waals surface area contributed by atoms with Gasteiger partial charge in [0, 0.05) is 36.2 Å². The Hall–Kier alpha value is 0.230. The number of rotatable bonds is 6. The molecule has 0 saturated carbocycles. The van der Waals surface area contributed by atoms with Crippen LogP contribution in [0, 0.1) is 0 Å². The van der Waals surface area contributed by atoms with Crippen molar-refractivity contribution in [3.63, 3.8) is 0 Å². The summed E-state index contributed by atoms with van der Waals surface area (Å²) in [4.78, 5) is 2.39. The van der Waals surface area contributed by atoms with Crippen LogP contribution in [-0.4, -0.2) is 59.0 Å². The van der Waals surface area contributed by atoms with E-state index in [0.29, 0.717) is 16.9 Å². The van der Waals surface area contributed by atoms with E-state index in [9.17, 15) is 0 Å². The highest BCUT2D eigenvalue weighted by Crippen LogP contribution is 2.24. The number of thioether (sulfide) groups is 1. The van der Waals surface area contributed by atoms with Crippen molar-refractivity contribution in [2.45, 2.75) is 51.0 Å². The summed E-state index contributed by atoms with van der Waals surface area (Å²) in [5.74, 6) is 1.12. The fourth-order valence-electron chi connectivity index (χ4n) is 2.24. The maximum atomic E-state index is 9.15. The molecule has 17 heavy (non-hydrogen) atoms. The van der Waals surface area contributed by atoms with Gasteiger partial charge in [-0.25, -0.2) is 0 Å². The Kier molecular flexibility index (Phi) is 6.27. The first-order chi connectivity index (χ1) is 7.94. The maximum absolute atomic E-state index is 9.15. The molecule has 102 valence electrons. The topological polar surface area (TPSA) is 32.7 Å². The molecular formula is C13H27NO2S. The van der Waals surface area contributed by atoms with Crippen LogP contribution in [0.5, 0.6) is 0 Å². The molecule has 1 N–H and O–H groups in total. The second kappa shape index (κ2) is 6.98. The quantitative estimate of drug-likeness (QED) is 0.792. The predicted molar refractivity (Wildman–Crippen MR) is 74.7 cm³/mol. The smallest absolute Gasteiger partial charge is 0.0703 e. The lowest BCUT2D eigenvalue weighted by molar-refractivity contribution is 0.0687. The van der Waals surface area contributed by atoms with Gasteiger partial charge in [0.2, 0.25) is 0 Å². The molecular weight excluding hydrogens is 234 g/mol. The number of nitrogens with zero attached hydrogens (tertiary/aromatic N) is 1. The molecule has 0 amide bonds. The number of hydrogen-bond donors (Lipinski definition) is 1. The van der Waals surface area contributed by atoms with Crippen LogP contribution in [-0.2, 0) is 4.74 Å². The van der Waals surface area contributed by atoms with Crippen LogP contribution in [0.15, 0.2) is 0 Å². The number of aliphatic hydroxyl groups is 1. The van der Waals surface area contributed by atoms with E-state index in [1.54, 1.807) is 0 Å². The van der Waals surface area contributed by atoms with Crippen molar-refractivity contribution < 1.29 is 9.84 Å². The van der Waals surface area contributed by atoms with Crippen molar-refractivity contribution >= 4 is 11.8 Å². The van der Waals surface area contributed by atoms with Crippen LogP contribution >= 0.6 is 11.8 Å².